The topological polar surface area (TPSA) is 0 Å². The van der Waals surface area contributed by atoms with Crippen LogP contribution in [-0.4, -0.2) is 14.1 Å². The molecule has 0 amide bonds. The van der Waals surface area contributed by atoms with E-state index in [2.05, 4.69) is 56.3 Å². The van der Waals surface area contributed by atoms with Gasteiger partial charge in [-0.3, -0.25) is 0 Å². The first-order chi connectivity index (χ1) is 8.85. The van der Waals surface area contributed by atoms with Crippen LogP contribution < -0.4 is 4.43 Å². The van der Waals surface area contributed by atoms with Crippen LogP contribution in [0.25, 0.3) is 11.1 Å². The van der Waals surface area contributed by atoms with Crippen LogP contribution >= 0.6 is 0 Å². The lowest BCUT2D eigenvalue weighted by Crippen LogP contribution is -2.31. The summed E-state index contributed by atoms with van der Waals surface area (Å²) in [7, 11) is 0. The van der Waals surface area contributed by atoms with Crippen LogP contribution in [0.3, 0.4) is 0 Å². The van der Waals surface area contributed by atoms with E-state index in [1.807, 2.05) is 0 Å². The van der Waals surface area contributed by atoms with E-state index >= 15 is 0 Å². The van der Waals surface area contributed by atoms with Gasteiger partial charge in [0.25, 0.3) is 0 Å². The Balaban J connectivity index is 2.14. The van der Waals surface area contributed by atoms with Crippen molar-refractivity contribution in [3.05, 3.63) is 53.6 Å². The minimum absolute atomic E-state index is 0.727. The SMILES string of the molecule is C[CH2][Al]([CH2]C)[c]1cccc2c1Cc1ccccc1-2. The predicted octanol–water partition coefficient (Wildman–Crippen LogP) is 4.00. The van der Waals surface area contributed by atoms with Gasteiger partial charge in [0.15, 0.2) is 0 Å². The Bertz CT molecular complexity index is 568. The van der Waals surface area contributed by atoms with Crippen molar-refractivity contribution in [2.24, 2.45) is 0 Å². The third-order valence-electron chi connectivity index (χ3n) is 4.31. The molecule has 1 aliphatic rings. The lowest BCUT2D eigenvalue weighted by Gasteiger charge is -2.13. The standard InChI is InChI=1S/C13H9.2C2H5.Al/c1-3-7-12-10(5-1)9-11-6-2-4-8-13(11)12;2*1-2;/h1-5,7-8H,9H2;2*1H2,2H3;. The molecule has 0 aliphatic heterocycles. The summed E-state index contributed by atoms with van der Waals surface area (Å²) in [5.74, 6) is 0. The molecule has 0 unspecified atom stereocenters. The first-order valence-corrected chi connectivity index (χ1v) is 9.26. The molecule has 0 N–H and O–H groups in total. The van der Waals surface area contributed by atoms with E-state index < -0.39 is 14.1 Å². The molecule has 0 bridgehead atoms. The van der Waals surface area contributed by atoms with Crippen LogP contribution in [-0.2, 0) is 6.42 Å². The molecule has 0 heterocycles. The summed E-state index contributed by atoms with van der Waals surface area (Å²) in [4.78, 5) is 0. The van der Waals surface area contributed by atoms with Crippen molar-refractivity contribution in [3.63, 3.8) is 0 Å². The molecule has 1 aliphatic carbocycles. The summed E-state index contributed by atoms with van der Waals surface area (Å²) in [6.45, 7) is 4.73. The van der Waals surface area contributed by atoms with Gasteiger partial charge in [0.2, 0.25) is 0 Å². The molecule has 0 saturated heterocycles. The Hall–Kier alpha value is -1.03. The molecule has 18 heavy (non-hydrogen) atoms. The summed E-state index contributed by atoms with van der Waals surface area (Å²) in [5.41, 5.74) is 6.12. The molecule has 0 saturated carbocycles. The highest BCUT2D eigenvalue weighted by Gasteiger charge is 2.25. The van der Waals surface area contributed by atoms with Crippen LogP contribution in [0.4, 0.5) is 0 Å². The van der Waals surface area contributed by atoms with Crippen LogP contribution in [0.1, 0.15) is 25.0 Å². The van der Waals surface area contributed by atoms with Gasteiger partial charge < -0.3 is 0 Å². The summed E-state index contributed by atoms with van der Waals surface area (Å²) >= 11 is -0.727. The van der Waals surface area contributed by atoms with Gasteiger partial charge in [-0.25, -0.2) is 0 Å². The van der Waals surface area contributed by atoms with E-state index in [-0.39, 0.29) is 0 Å². The van der Waals surface area contributed by atoms with Crippen LogP contribution in [0.15, 0.2) is 42.5 Å². The van der Waals surface area contributed by atoms with Gasteiger partial charge >= 0.3 is 14.1 Å². The predicted molar refractivity (Wildman–Crippen MR) is 81.0 cm³/mol. The molecule has 2 aromatic rings. The highest BCUT2D eigenvalue weighted by Crippen LogP contribution is 2.35. The molecular weight excluding hydrogens is 231 g/mol. The minimum atomic E-state index is -0.727. The van der Waals surface area contributed by atoms with Gasteiger partial charge in [0, 0.05) is 0 Å². The summed E-state index contributed by atoms with van der Waals surface area (Å²) < 4.78 is 1.72. The van der Waals surface area contributed by atoms with Gasteiger partial charge in [0.05, 0.1) is 0 Å². The maximum Gasteiger partial charge on any atom is 0.305 e. The maximum atomic E-state index is 2.40. The van der Waals surface area contributed by atoms with Gasteiger partial charge in [-0.2, -0.15) is 0 Å². The van der Waals surface area contributed by atoms with E-state index in [1.54, 1.807) is 9.99 Å². The normalized spacial score (nSPS) is 12.1. The number of hydrogen-bond donors (Lipinski definition) is 0. The van der Waals surface area contributed by atoms with Gasteiger partial charge in [-0.1, -0.05) is 66.9 Å². The third-order valence-corrected chi connectivity index (χ3v) is 7.70. The fourth-order valence-electron chi connectivity index (χ4n) is 3.29. The maximum absolute atomic E-state index is 2.40. The highest BCUT2D eigenvalue weighted by atomic mass is 27.2. The summed E-state index contributed by atoms with van der Waals surface area (Å²) in [6.07, 6.45) is 1.16. The van der Waals surface area contributed by atoms with Crippen molar-refractivity contribution >= 4 is 18.6 Å². The molecule has 3 rings (SSSR count). The number of benzene rings is 2. The van der Waals surface area contributed by atoms with Crippen LogP contribution in [0, 0.1) is 0 Å². The van der Waals surface area contributed by atoms with Crippen molar-refractivity contribution in [2.75, 3.05) is 0 Å². The van der Waals surface area contributed by atoms with Crippen molar-refractivity contribution in [1.82, 2.24) is 0 Å². The summed E-state index contributed by atoms with van der Waals surface area (Å²) in [5, 5.41) is 2.76. The van der Waals surface area contributed by atoms with E-state index in [4.69, 9.17) is 0 Å². The van der Waals surface area contributed by atoms with Crippen molar-refractivity contribution in [1.29, 1.82) is 0 Å². The first kappa shape index (κ1) is 12.0. The Morgan fingerprint density at radius 3 is 2.39 bits per heavy atom. The average molecular weight is 250 g/mol. The molecule has 1 heteroatoms. The number of rotatable bonds is 3. The van der Waals surface area contributed by atoms with E-state index in [0.717, 1.165) is 6.42 Å². The Morgan fingerprint density at radius 1 is 0.889 bits per heavy atom. The first-order valence-electron chi connectivity index (χ1n) is 7.05. The zero-order valence-electron chi connectivity index (χ0n) is 11.2. The molecular formula is C17H19Al. The van der Waals surface area contributed by atoms with Crippen molar-refractivity contribution in [3.8, 4) is 11.1 Å². The van der Waals surface area contributed by atoms with Crippen LogP contribution in [0.2, 0.25) is 10.6 Å². The molecule has 0 nitrogen and oxygen atoms in total. The van der Waals surface area contributed by atoms with Gasteiger partial charge in [0.1, 0.15) is 0 Å². The van der Waals surface area contributed by atoms with Crippen molar-refractivity contribution < 1.29 is 0 Å². The number of fused-ring (bicyclic) bond motifs is 3. The van der Waals surface area contributed by atoms with E-state index in [1.165, 1.54) is 27.3 Å². The smallest absolute Gasteiger partial charge is 0.106 e. The number of hydrogen-bond acceptors (Lipinski definition) is 0. The second-order valence-electron chi connectivity index (χ2n) is 5.22. The van der Waals surface area contributed by atoms with E-state index in [0.29, 0.717) is 0 Å². The molecule has 0 fully saturated rings. The lowest BCUT2D eigenvalue weighted by atomic mass is 10.1. The largest absolute Gasteiger partial charge is 0.305 e. The Kier molecular flexibility index (Phi) is 3.29. The third kappa shape index (κ3) is 1.83. The molecule has 0 atom stereocenters. The zero-order chi connectivity index (χ0) is 12.5. The minimum Gasteiger partial charge on any atom is -0.106 e. The summed E-state index contributed by atoms with van der Waals surface area (Å²) in [6, 6.07) is 15.9. The van der Waals surface area contributed by atoms with E-state index in [9.17, 15) is 0 Å². The fraction of sp³-hybridized carbons (Fsp3) is 0.294. The molecule has 0 radical (unpaired) electrons. The quantitative estimate of drug-likeness (QED) is 0.616. The molecule has 0 aromatic heterocycles. The zero-order valence-corrected chi connectivity index (χ0v) is 12.4. The molecule has 0 spiro atoms. The lowest BCUT2D eigenvalue weighted by molar-refractivity contribution is 1.26. The average Bonchev–Trinajstić information content (AvgIpc) is 2.80. The van der Waals surface area contributed by atoms with Gasteiger partial charge in [-0.15, -0.1) is 4.43 Å². The second kappa shape index (κ2) is 4.92. The Morgan fingerprint density at radius 2 is 1.61 bits per heavy atom. The molecule has 90 valence electrons. The van der Waals surface area contributed by atoms with Crippen molar-refractivity contribution in [2.45, 2.75) is 30.8 Å². The Labute approximate surface area is 114 Å². The second-order valence-corrected chi connectivity index (χ2v) is 8.87. The molecule has 2 aromatic carbocycles. The van der Waals surface area contributed by atoms with Crippen LogP contribution in [0.5, 0.6) is 0 Å². The monoisotopic (exact) mass is 250 g/mol. The van der Waals surface area contributed by atoms with Gasteiger partial charge in [-0.05, 0) is 28.7 Å². The highest BCUT2D eigenvalue weighted by molar-refractivity contribution is 6.73. The fourth-order valence-corrected chi connectivity index (χ4v) is 5.88.